The van der Waals surface area contributed by atoms with E-state index in [9.17, 15) is 29.4 Å². The number of hydrogen-bond acceptors (Lipinski definition) is 6. The van der Waals surface area contributed by atoms with Crippen molar-refractivity contribution in [3.63, 3.8) is 0 Å². The number of carbonyl (C=O) groups is 4. The maximum absolute atomic E-state index is 12.2. The molecule has 0 radical (unpaired) electrons. The Morgan fingerprint density at radius 1 is 0.917 bits per heavy atom. The number of fused-ring (bicyclic) bond motifs is 2. The second-order valence-corrected chi connectivity index (χ2v) is 4.99. The van der Waals surface area contributed by atoms with Crippen LogP contribution in [0.1, 0.15) is 41.4 Å². The van der Waals surface area contributed by atoms with E-state index >= 15 is 0 Å². The Morgan fingerprint density at radius 3 is 2.21 bits per heavy atom. The van der Waals surface area contributed by atoms with Gasteiger partial charge in [0.05, 0.1) is 22.3 Å². The summed E-state index contributed by atoms with van der Waals surface area (Å²) in [5, 5.41) is 19.1. The minimum Gasteiger partial charge on any atom is -0.478 e. The Hall–Kier alpha value is -3.42. The highest BCUT2D eigenvalue weighted by Crippen LogP contribution is 2.29. The van der Waals surface area contributed by atoms with Crippen LogP contribution in [-0.4, -0.2) is 47.3 Å². The summed E-state index contributed by atoms with van der Waals surface area (Å²) in [6, 6.07) is 5.15. The van der Waals surface area contributed by atoms with Crippen molar-refractivity contribution in [2.75, 3.05) is 13.2 Å². The third-order valence-electron chi connectivity index (χ3n) is 3.57. The first-order valence-electron chi connectivity index (χ1n) is 6.81. The van der Waals surface area contributed by atoms with Crippen LogP contribution in [0.3, 0.4) is 0 Å². The Morgan fingerprint density at radius 2 is 1.58 bits per heavy atom. The van der Waals surface area contributed by atoms with Gasteiger partial charge in [-0.1, -0.05) is 6.07 Å². The number of benzene rings is 2. The maximum Gasteiger partial charge on any atom is 0.340 e. The van der Waals surface area contributed by atoms with E-state index in [4.69, 9.17) is 9.47 Å². The summed E-state index contributed by atoms with van der Waals surface area (Å²) in [5.41, 5.74) is -1.39. The van der Waals surface area contributed by atoms with Crippen molar-refractivity contribution in [1.29, 1.82) is 0 Å². The molecule has 5 rings (SSSR count). The first kappa shape index (κ1) is 15.5. The molecule has 0 saturated heterocycles. The molecule has 122 valence electrons. The monoisotopic (exact) mass is 330 g/mol. The summed E-state index contributed by atoms with van der Waals surface area (Å²) >= 11 is 0. The number of hydrogen-bond donors (Lipinski definition) is 2. The van der Waals surface area contributed by atoms with Gasteiger partial charge in [0.2, 0.25) is 0 Å². The van der Waals surface area contributed by atoms with Gasteiger partial charge >= 0.3 is 23.9 Å². The predicted molar refractivity (Wildman–Crippen MR) is 78.4 cm³/mol. The van der Waals surface area contributed by atoms with Crippen LogP contribution in [0.5, 0.6) is 0 Å². The number of esters is 2. The minimum absolute atomic E-state index is 0.122. The average Bonchev–Trinajstić information content (AvgIpc) is 2.54. The van der Waals surface area contributed by atoms with Crippen LogP contribution in [0.2, 0.25) is 0 Å². The molecule has 0 aliphatic carbocycles. The van der Waals surface area contributed by atoms with Crippen LogP contribution >= 0.6 is 0 Å². The fraction of sp³-hybridized carbons (Fsp3) is 0.125. The number of ether oxygens (including phenoxy) is 2. The highest BCUT2D eigenvalue weighted by atomic mass is 16.6. The fourth-order valence-electron chi connectivity index (χ4n) is 2.56. The lowest BCUT2D eigenvalue weighted by molar-refractivity contribution is 0.0262. The van der Waals surface area contributed by atoms with E-state index in [2.05, 4.69) is 0 Å². The molecule has 3 aliphatic heterocycles. The molecule has 4 bridgehead atoms. The molecule has 2 aromatic carbocycles. The Balaban J connectivity index is 2.48. The Kier molecular flexibility index (Phi) is 3.64. The highest BCUT2D eigenvalue weighted by Gasteiger charge is 2.29. The van der Waals surface area contributed by atoms with E-state index < -0.39 is 40.6 Å². The molecule has 24 heavy (non-hydrogen) atoms. The van der Waals surface area contributed by atoms with Gasteiger partial charge in [0.1, 0.15) is 13.2 Å². The Bertz CT molecular complexity index is 912. The summed E-state index contributed by atoms with van der Waals surface area (Å²) in [7, 11) is 0. The zero-order valence-electron chi connectivity index (χ0n) is 12.1. The molecule has 0 atom stereocenters. The van der Waals surface area contributed by atoms with Crippen molar-refractivity contribution in [3.8, 4) is 0 Å². The zero-order chi connectivity index (χ0) is 17.4. The summed E-state index contributed by atoms with van der Waals surface area (Å²) in [6.07, 6.45) is 0. The summed E-state index contributed by atoms with van der Waals surface area (Å²) in [5.74, 6) is -4.74. The quantitative estimate of drug-likeness (QED) is 0.794. The lowest BCUT2D eigenvalue weighted by Crippen LogP contribution is -2.21. The van der Waals surface area contributed by atoms with Gasteiger partial charge in [-0.3, -0.25) is 0 Å². The van der Waals surface area contributed by atoms with Crippen molar-refractivity contribution in [2.24, 2.45) is 0 Å². The largest absolute Gasteiger partial charge is 0.478 e. The van der Waals surface area contributed by atoms with E-state index in [1.54, 1.807) is 0 Å². The van der Waals surface area contributed by atoms with Gasteiger partial charge in [-0.15, -0.1) is 0 Å². The average molecular weight is 330 g/mol. The lowest BCUT2D eigenvalue weighted by Gasteiger charge is -2.15. The first-order valence-corrected chi connectivity index (χ1v) is 6.81. The second kappa shape index (κ2) is 5.65. The third-order valence-corrected chi connectivity index (χ3v) is 3.57. The van der Waals surface area contributed by atoms with Gasteiger partial charge in [-0.05, 0) is 29.0 Å². The van der Waals surface area contributed by atoms with Crippen LogP contribution in [0.25, 0.3) is 10.8 Å². The number of carboxylic acid groups (broad SMARTS) is 2. The molecule has 3 aliphatic rings. The topological polar surface area (TPSA) is 127 Å². The van der Waals surface area contributed by atoms with Crippen LogP contribution < -0.4 is 0 Å². The van der Waals surface area contributed by atoms with E-state index in [1.165, 1.54) is 18.2 Å². The van der Waals surface area contributed by atoms with Crippen molar-refractivity contribution in [3.05, 3.63) is 46.5 Å². The molecule has 0 saturated carbocycles. The zero-order valence-corrected chi connectivity index (χ0v) is 12.1. The van der Waals surface area contributed by atoms with E-state index in [-0.39, 0.29) is 29.5 Å². The van der Waals surface area contributed by atoms with Crippen LogP contribution in [0.15, 0.2) is 24.3 Å². The van der Waals surface area contributed by atoms with Gasteiger partial charge in [-0.2, -0.15) is 0 Å². The fourth-order valence-corrected chi connectivity index (χ4v) is 2.56. The van der Waals surface area contributed by atoms with Gasteiger partial charge in [0.25, 0.3) is 0 Å². The number of aromatic carboxylic acids is 2. The van der Waals surface area contributed by atoms with Crippen molar-refractivity contribution >= 4 is 34.6 Å². The van der Waals surface area contributed by atoms with E-state index in [1.807, 2.05) is 0 Å². The summed E-state index contributed by atoms with van der Waals surface area (Å²) < 4.78 is 9.77. The summed E-state index contributed by atoms with van der Waals surface area (Å²) in [6.45, 7) is -0.555. The number of carbonyl (C=O) groups excluding carboxylic acids is 2. The Labute approximate surface area is 134 Å². The van der Waals surface area contributed by atoms with E-state index in [0.29, 0.717) is 0 Å². The predicted octanol–water partition coefficient (Wildman–Crippen LogP) is 1.56. The molecule has 2 N–H and O–H groups in total. The van der Waals surface area contributed by atoms with Crippen LogP contribution in [-0.2, 0) is 9.47 Å². The smallest absolute Gasteiger partial charge is 0.340 e. The van der Waals surface area contributed by atoms with Crippen molar-refractivity contribution in [1.82, 2.24) is 0 Å². The van der Waals surface area contributed by atoms with E-state index in [0.717, 1.165) is 6.07 Å². The highest BCUT2D eigenvalue weighted by molar-refractivity contribution is 6.17. The molecule has 0 fully saturated rings. The molecular weight excluding hydrogens is 320 g/mol. The SMILES string of the molecule is O=C1OCCOC(=O)c2c(C(=O)O)cc3cc1ccc3c2C(=O)O. The number of rotatable bonds is 2. The molecule has 0 spiro atoms. The molecule has 8 nitrogen and oxygen atoms in total. The molecule has 0 unspecified atom stereocenters. The van der Waals surface area contributed by atoms with Gasteiger partial charge in [0, 0.05) is 0 Å². The lowest BCUT2D eigenvalue weighted by atomic mass is 9.92. The van der Waals surface area contributed by atoms with Crippen molar-refractivity contribution in [2.45, 2.75) is 0 Å². The third kappa shape index (κ3) is 2.43. The number of carboxylic acids is 2. The molecule has 2 aromatic rings. The van der Waals surface area contributed by atoms with Gasteiger partial charge < -0.3 is 19.7 Å². The molecular formula is C16H10O8. The van der Waals surface area contributed by atoms with Crippen LogP contribution in [0, 0.1) is 0 Å². The molecule has 0 aromatic heterocycles. The summed E-state index contributed by atoms with van der Waals surface area (Å²) in [4.78, 5) is 47.3. The van der Waals surface area contributed by atoms with Crippen LogP contribution in [0.4, 0.5) is 0 Å². The van der Waals surface area contributed by atoms with Crippen molar-refractivity contribution < 1.29 is 38.9 Å². The van der Waals surface area contributed by atoms with Gasteiger partial charge in [0.15, 0.2) is 0 Å². The molecule has 0 amide bonds. The minimum atomic E-state index is -1.48. The standard InChI is InChI=1S/C16H10O8/c17-13(18)10-6-8-5-7-1-2-9(8)11(14(19)20)12(10)16(22)24-4-3-23-15(7)21/h1-2,5-6H,3-4H2,(H,17,18)(H,19,20). The normalized spacial score (nSPS) is 14.2. The van der Waals surface area contributed by atoms with Gasteiger partial charge in [-0.25, -0.2) is 19.2 Å². The first-order chi connectivity index (χ1) is 11.4. The maximum atomic E-state index is 12.2. The molecule has 3 heterocycles. The molecule has 8 heteroatoms. The second-order valence-electron chi connectivity index (χ2n) is 4.99.